The van der Waals surface area contributed by atoms with Gasteiger partial charge >= 0.3 is 6.18 Å². The summed E-state index contributed by atoms with van der Waals surface area (Å²) in [5.41, 5.74) is 1.17. The van der Waals surface area contributed by atoms with Crippen molar-refractivity contribution in [3.63, 3.8) is 0 Å². The van der Waals surface area contributed by atoms with Crippen molar-refractivity contribution in [2.75, 3.05) is 46.5 Å². The molecule has 228 valence electrons. The Bertz CT molecular complexity index is 1250. The van der Waals surface area contributed by atoms with Crippen LogP contribution in [0, 0.1) is 11.3 Å². The monoisotopic (exact) mass is 586 g/mol. The van der Waals surface area contributed by atoms with Crippen LogP contribution >= 0.6 is 0 Å². The van der Waals surface area contributed by atoms with Gasteiger partial charge in [0.2, 0.25) is 5.91 Å². The number of aryl methyl sites for hydroxylation is 1. The van der Waals surface area contributed by atoms with Crippen molar-refractivity contribution >= 4 is 5.91 Å². The molecule has 1 saturated carbocycles. The largest absolute Gasteiger partial charge is 0.417 e. The van der Waals surface area contributed by atoms with Crippen LogP contribution in [0.5, 0.6) is 0 Å². The molecule has 1 N–H and O–H groups in total. The highest BCUT2D eigenvalue weighted by Gasteiger charge is 2.58. The average molecular weight is 587 g/mol. The number of alkyl halides is 3. The van der Waals surface area contributed by atoms with Gasteiger partial charge in [0.05, 0.1) is 23.7 Å². The first-order chi connectivity index (χ1) is 20.2. The Kier molecular flexibility index (Phi) is 8.60. The molecule has 6 rings (SSSR count). The van der Waals surface area contributed by atoms with E-state index >= 15 is 0 Å². The molecule has 0 bridgehead atoms. The second-order valence-corrected chi connectivity index (χ2v) is 12.5. The van der Waals surface area contributed by atoms with E-state index in [2.05, 4.69) is 39.5 Å². The Hall–Kier alpha value is -2.53. The van der Waals surface area contributed by atoms with Gasteiger partial charge in [0.15, 0.2) is 0 Å². The molecule has 1 aromatic heterocycles. The summed E-state index contributed by atoms with van der Waals surface area (Å²) in [4.78, 5) is 22.8. The number of methoxy groups -OCH3 is 1. The van der Waals surface area contributed by atoms with Crippen LogP contribution in [0.25, 0.3) is 0 Å². The van der Waals surface area contributed by atoms with Gasteiger partial charge in [-0.2, -0.15) is 13.2 Å². The Morgan fingerprint density at radius 3 is 2.88 bits per heavy atom. The molecule has 0 radical (unpaired) electrons. The van der Waals surface area contributed by atoms with E-state index in [1.807, 2.05) is 6.07 Å². The van der Waals surface area contributed by atoms with Crippen LogP contribution < -0.4 is 5.32 Å². The molecule has 1 amide bonds. The summed E-state index contributed by atoms with van der Waals surface area (Å²) in [5.74, 6) is 0.279. The van der Waals surface area contributed by atoms with Crippen LogP contribution in [0.15, 0.2) is 42.6 Å². The van der Waals surface area contributed by atoms with E-state index < -0.39 is 17.2 Å². The third-order valence-corrected chi connectivity index (χ3v) is 9.86. The Labute approximate surface area is 245 Å². The Morgan fingerprint density at radius 2 is 2.10 bits per heavy atom. The number of nitrogens with zero attached hydrogens (tertiary/aromatic N) is 3. The molecule has 10 heteroatoms. The van der Waals surface area contributed by atoms with Crippen LogP contribution in [0.3, 0.4) is 0 Å². The molecular weight excluding hydrogens is 545 g/mol. The summed E-state index contributed by atoms with van der Waals surface area (Å²) in [6.45, 7) is 4.39. The number of halogens is 3. The van der Waals surface area contributed by atoms with Gasteiger partial charge in [-0.3, -0.25) is 9.78 Å². The van der Waals surface area contributed by atoms with E-state index in [1.54, 1.807) is 12.0 Å². The molecule has 42 heavy (non-hydrogen) atoms. The van der Waals surface area contributed by atoms with Gasteiger partial charge in [-0.15, -0.1) is 0 Å². The zero-order valence-corrected chi connectivity index (χ0v) is 24.2. The summed E-state index contributed by atoms with van der Waals surface area (Å²) in [5, 5.41) is 3.82. The van der Waals surface area contributed by atoms with E-state index in [9.17, 15) is 18.0 Å². The molecule has 7 nitrogen and oxygen atoms in total. The number of ether oxygens (including phenoxy) is 2. The molecule has 3 fully saturated rings. The van der Waals surface area contributed by atoms with Crippen LogP contribution in [0.1, 0.15) is 48.1 Å². The number of nitrogens with one attached hydrogen (secondary N) is 1. The summed E-state index contributed by atoms with van der Waals surface area (Å²) < 4.78 is 51.6. The smallest absolute Gasteiger partial charge is 0.379 e. The minimum Gasteiger partial charge on any atom is -0.379 e. The number of rotatable bonds is 8. The predicted octanol–water partition coefficient (Wildman–Crippen LogP) is 4.09. The maximum absolute atomic E-state index is 14.5. The topological polar surface area (TPSA) is 66.9 Å². The van der Waals surface area contributed by atoms with Crippen molar-refractivity contribution in [2.24, 2.45) is 11.3 Å². The first-order valence-corrected chi connectivity index (χ1v) is 15.2. The van der Waals surface area contributed by atoms with Crippen molar-refractivity contribution in [3.8, 4) is 0 Å². The van der Waals surface area contributed by atoms with Crippen LogP contribution in [-0.4, -0.2) is 85.4 Å². The normalized spacial score (nSPS) is 29.9. The van der Waals surface area contributed by atoms with Crippen molar-refractivity contribution in [3.05, 3.63) is 65.0 Å². The van der Waals surface area contributed by atoms with Gasteiger partial charge < -0.3 is 24.6 Å². The minimum atomic E-state index is -4.46. The van der Waals surface area contributed by atoms with Gasteiger partial charge in [0.1, 0.15) is 0 Å². The summed E-state index contributed by atoms with van der Waals surface area (Å²) >= 11 is 0. The standard InChI is InChI=1S/C32H41F3N4O3/c1-41-29-20-42-13-10-28(29)37-26-15-25-19-38(11-5-8-22-6-3-2-4-7-22)21-31(25,16-26)30(40)39-12-9-27-23(18-39)14-24(17-36-27)32(33,34)35/h2-4,6-7,14,17,25-26,28-29,37H,5,8-13,15-16,18-21H2,1H3. The molecule has 4 aliphatic rings. The van der Waals surface area contributed by atoms with E-state index in [4.69, 9.17) is 9.47 Å². The number of hydrogen-bond donors (Lipinski definition) is 1. The average Bonchev–Trinajstić information content (AvgIpc) is 3.50. The lowest BCUT2D eigenvalue weighted by Gasteiger charge is -2.38. The third-order valence-electron chi connectivity index (χ3n) is 9.86. The van der Waals surface area contributed by atoms with Gasteiger partial charge in [-0.1, -0.05) is 30.3 Å². The molecule has 1 aliphatic carbocycles. The maximum Gasteiger partial charge on any atom is 0.417 e. The SMILES string of the molecule is COC1COCCC1NC1CC2CN(CCCc3ccccc3)CC2(C(=O)N2CCc3ncc(C(F)(F)F)cc3C2)C1. The molecule has 2 aromatic rings. The van der Waals surface area contributed by atoms with Gasteiger partial charge in [-0.05, 0) is 61.8 Å². The Balaban J connectivity index is 1.18. The van der Waals surface area contributed by atoms with Crippen LogP contribution in [0.2, 0.25) is 0 Å². The van der Waals surface area contributed by atoms with Gasteiger partial charge in [0, 0.05) is 70.3 Å². The second kappa shape index (κ2) is 12.2. The lowest BCUT2D eigenvalue weighted by Crippen LogP contribution is -2.52. The third kappa shape index (κ3) is 6.09. The number of pyridine rings is 1. The summed E-state index contributed by atoms with van der Waals surface area (Å²) in [6, 6.07) is 12.0. The second-order valence-electron chi connectivity index (χ2n) is 12.5. The van der Waals surface area contributed by atoms with E-state index in [-0.39, 0.29) is 36.6 Å². The lowest BCUT2D eigenvalue weighted by atomic mass is 9.78. The quantitative estimate of drug-likeness (QED) is 0.503. The number of hydrogen-bond acceptors (Lipinski definition) is 6. The molecule has 4 heterocycles. The molecule has 2 saturated heterocycles. The maximum atomic E-state index is 14.5. The molecule has 3 aliphatic heterocycles. The zero-order chi connectivity index (χ0) is 29.3. The van der Waals surface area contributed by atoms with Crippen molar-refractivity contribution < 1.29 is 27.4 Å². The number of likely N-dealkylation sites (tertiary alicyclic amines) is 1. The molecule has 1 aromatic carbocycles. The van der Waals surface area contributed by atoms with Gasteiger partial charge in [0.25, 0.3) is 0 Å². The number of carbonyl (C=O) groups is 1. The fourth-order valence-corrected chi connectivity index (χ4v) is 7.76. The predicted molar refractivity (Wildman–Crippen MR) is 152 cm³/mol. The van der Waals surface area contributed by atoms with Crippen molar-refractivity contribution in [2.45, 2.75) is 69.4 Å². The number of fused-ring (bicyclic) bond motifs is 2. The fourth-order valence-electron chi connectivity index (χ4n) is 7.76. The Morgan fingerprint density at radius 1 is 1.26 bits per heavy atom. The highest BCUT2D eigenvalue weighted by molar-refractivity contribution is 5.84. The van der Waals surface area contributed by atoms with E-state index in [0.717, 1.165) is 51.4 Å². The lowest BCUT2D eigenvalue weighted by molar-refractivity contribution is -0.144. The first-order valence-electron chi connectivity index (χ1n) is 15.2. The van der Waals surface area contributed by atoms with Crippen LogP contribution in [0.4, 0.5) is 13.2 Å². The zero-order valence-electron chi connectivity index (χ0n) is 24.2. The summed E-state index contributed by atoms with van der Waals surface area (Å²) in [7, 11) is 1.71. The van der Waals surface area contributed by atoms with E-state index in [0.29, 0.717) is 44.0 Å². The first kappa shape index (κ1) is 29.5. The number of amides is 1. The number of benzene rings is 1. The molecule has 0 spiro atoms. The summed E-state index contributed by atoms with van der Waals surface area (Å²) in [6.07, 6.45) is 1.40. The highest BCUT2D eigenvalue weighted by Crippen LogP contribution is 2.51. The van der Waals surface area contributed by atoms with Crippen LogP contribution in [-0.2, 0) is 39.8 Å². The van der Waals surface area contributed by atoms with E-state index in [1.165, 1.54) is 11.6 Å². The fraction of sp³-hybridized carbons (Fsp3) is 0.625. The molecule has 5 atom stereocenters. The number of carbonyl (C=O) groups excluding carboxylic acids is 1. The molecular formula is C32H41F3N4O3. The van der Waals surface area contributed by atoms with Crippen molar-refractivity contribution in [1.29, 1.82) is 0 Å². The minimum absolute atomic E-state index is 0.0192. The highest BCUT2D eigenvalue weighted by atomic mass is 19.4. The van der Waals surface area contributed by atoms with Gasteiger partial charge in [-0.25, -0.2) is 0 Å². The van der Waals surface area contributed by atoms with Crippen molar-refractivity contribution in [1.82, 2.24) is 20.1 Å². The molecule has 5 unspecified atom stereocenters. The number of aromatic nitrogens is 1.